The fraction of sp³-hybridized carbons (Fsp3) is 0.364. The zero-order valence-corrected chi connectivity index (χ0v) is 9.10. The molecule has 16 heavy (non-hydrogen) atoms. The molecule has 3 N–H and O–H groups in total. The number of carbonyl (C=O) groups is 1. The van der Waals surface area contributed by atoms with E-state index >= 15 is 0 Å². The highest BCUT2D eigenvalue weighted by Crippen LogP contribution is 2.21. The van der Waals surface area contributed by atoms with Crippen LogP contribution in [-0.4, -0.2) is 30.9 Å². The lowest BCUT2D eigenvalue weighted by Gasteiger charge is -2.09. The third kappa shape index (κ3) is 3.43. The summed E-state index contributed by atoms with van der Waals surface area (Å²) in [5.41, 5.74) is 5.96. The Bertz CT molecular complexity index is 365. The maximum atomic E-state index is 10.9. The van der Waals surface area contributed by atoms with E-state index in [0.717, 1.165) is 0 Å². The molecule has 0 saturated heterocycles. The second-order valence-electron chi connectivity index (χ2n) is 3.11. The molecule has 0 bridgehead atoms. The smallest absolute Gasteiger partial charge is 0.339 e. The van der Waals surface area contributed by atoms with Crippen molar-refractivity contribution in [3.8, 4) is 5.75 Å². The van der Waals surface area contributed by atoms with Gasteiger partial charge in [0.25, 0.3) is 0 Å². The molecule has 0 atom stereocenters. The predicted octanol–water partition coefficient (Wildman–Crippen LogP) is 1.38. The first-order valence-corrected chi connectivity index (χ1v) is 4.98. The minimum absolute atomic E-state index is 0.0662. The van der Waals surface area contributed by atoms with Crippen LogP contribution in [0.4, 0.5) is 5.69 Å². The first-order chi connectivity index (χ1) is 7.65. The van der Waals surface area contributed by atoms with Gasteiger partial charge in [-0.3, -0.25) is 0 Å². The summed E-state index contributed by atoms with van der Waals surface area (Å²) in [5, 5.41) is 8.93. The van der Waals surface area contributed by atoms with Gasteiger partial charge in [-0.15, -0.1) is 0 Å². The number of aromatic carboxylic acids is 1. The van der Waals surface area contributed by atoms with E-state index in [1.165, 1.54) is 6.07 Å². The molecule has 0 radical (unpaired) electrons. The van der Waals surface area contributed by atoms with Crippen molar-refractivity contribution in [2.24, 2.45) is 0 Å². The maximum absolute atomic E-state index is 10.9. The normalized spacial score (nSPS) is 10.1. The molecule has 0 aliphatic rings. The molecule has 0 aromatic heterocycles. The van der Waals surface area contributed by atoms with Crippen molar-refractivity contribution in [3.63, 3.8) is 0 Å². The Morgan fingerprint density at radius 2 is 2.19 bits per heavy atom. The fourth-order valence-corrected chi connectivity index (χ4v) is 1.20. The van der Waals surface area contributed by atoms with Gasteiger partial charge in [0.2, 0.25) is 0 Å². The van der Waals surface area contributed by atoms with Gasteiger partial charge in [-0.05, 0) is 25.1 Å². The van der Waals surface area contributed by atoms with Gasteiger partial charge < -0.3 is 20.3 Å². The van der Waals surface area contributed by atoms with E-state index in [-0.39, 0.29) is 5.56 Å². The summed E-state index contributed by atoms with van der Waals surface area (Å²) in [5.74, 6) is -0.750. The van der Waals surface area contributed by atoms with Crippen molar-refractivity contribution < 1.29 is 19.4 Å². The van der Waals surface area contributed by atoms with Crippen LogP contribution >= 0.6 is 0 Å². The first-order valence-electron chi connectivity index (χ1n) is 4.98. The molecule has 5 nitrogen and oxygen atoms in total. The van der Waals surface area contributed by atoms with Crippen LogP contribution in [0.25, 0.3) is 0 Å². The topological polar surface area (TPSA) is 81.8 Å². The zero-order chi connectivity index (χ0) is 12.0. The Hall–Kier alpha value is -1.75. The van der Waals surface area contributed by atoms with Crippen molar-refractivity contribution in [2.45, 2.75) is 6.92 Å². The van der Waals surface area contributed by atoms with Crippen LogP contribution in [0, 0.1) is 0 Å². The van der Waals surface area contributed by atoms with E-state index in [1.54, 1.807) is 12.1 Å². The number of anilines is 1. The Morgan fingerprint density at radius 3 is 2.81 bits per heavy atom. The lowest BCUT2D eigenvalue weighted by molar-refractivity contribution is 0.0687. The maximum Gasteiger partial charge on any atom is 0.339 e. The lowest BCUT2D eigenvalue weighted by atomic mass is 10.2. The van der Waals surface area contributed by atoms with Crippen molar-refractivity contribution in [1.82, 2.24) is 0 Å². The summed E-state index contributed by atoms with van der Waals surface area (Å²) >= 11 is 0. The summed E-state index contributed by atoms with van der Waals surface area (Å²) in [6, 6.07) is 4.52. The minimum Gasteiger partial charge on any atom is -0.490 e. The molecule has 0 aliphatic heterocycles. The highest BCUT2D eigenvalue weighted by Gasteiger charge is 2.11. The number of nitrogens with two attached hydrogens (primary N) is 1. The SMILES string of the molecule is CCOCCOc1ccc(N)cc1C(=O)O. The highest BCUT2D eigenvalue weighted by atomic mass is 16.5. The van der Waals surface area contributed by atoms with Crippen LogP contribution in [0.3, 0.4) is 0 Å². The number of hydrogen-bond donors (Lipinski definition) is 2. The lowest BCUT2D eigenvalue weighted by Crippen LogP contribution is -2.09. The monoisotopic (exact) mass is 225 g/mol. The Balaban J connectivity index is 2.67. The molecule has 1 rings (SSSR count). The quantitative estimate of drug-likeness (QED) is 0.564. The summed E-state index contributed by atoms with van der Waals surface area (Å²) in [6.07, 6.45) is 0. The average molecular weight is 225 g/mol. The van der Waals surface area contributed by atoms with Crippen LogP contribution in [0.1, 0.15) is 17.3 Å². The molecule has 1 aromatic carbocycles. The van der Waals surface area contributed by atoms with Crippen molar-refractivity contribution in [3.05, 3.63) is 23.8 Å². The molecule has 0 heterocycles. The summed E-state index contributed by atoms with van der Waals surface area (Å²) in [4.78, 5) is 10.9. The average Bonchev–Trinajstić information content (AvgIpc) is 2.26. The Kier molecular flexibility index (Phi) is 4.60. The predicted molar refractivity (Wildman–Crippen MR) is 59.8 cm³/mol. The molecule has 0 saturated carbocycles. The molecule has 0 aliphatic carbocycles. The number of carboxylic acids is 1. The molecule has 0 fully saturated rings. The first kappa shape index (κ1) is 12.3. The standard InChI is InChI=1S/C11H15NO4/c1-2-15-5-6-16-10-4-3-8(12)7-9(10)11(13)14/h3-4,7H,2,5-6,12H2,1H3,(H,13,14). The number of ether oxygens (including phenoxy) is 2. The van der Waals surface area contributed by atoms with Gasteiger partial charge in [0.15, 0.2) is 0 Å². The van der Waals surface area contributed by atoms with Gasteiger partial charge in [0, 0.05) is 12.3 Å². The zero-order valence-electron chi connectivity index (χ0n) is 9.10. The molecular formula is C11H15NO4. The van der Waals surface area contributed by atoms with Gasteiger partial charge in [0.1, 0.15) is 17.9 Å². The van der Waals surface area contributed by atoms with Crippen LogP contribution < -0.4 is 10.5 Å². The second kappa shape index (κ2) is 5.97. The van der Waals surface area contributed by atoms with Gasteiger partial charge in [-0.1, -0.05) is 0 Å². The van der Waals surface area contributed by atoms with E-state index < -0.39 is 5.97 Å². The van der Waals surface area contributed by atoms with Crippen LogP contribution in [-0.2, 0) is 4.74 Å². The molecular weight excluding hydrogens is 210 g/mol. The second-order valence-corrected chi connectivity index (χ2v) is 3.11. The molecule has 0 unspecified atom stereocenters. The van der Waals surface area contributed by atoms with E-state index in [9.17, 15) is 4.79 Å². The number of carboxylic acid groups (broad SMARTS) is 1. The number of benzene rings is 1. The third-order valence-corrected chi connectivity index (χ3v) is 1.92. The largest absolute Gasteiger partial charge is 0.490 e. The van der Waals surface area contributed by atoms with Crippen molar-refractivity contribution in [2.75, 3.05) is 25.6 Å². The third-order valence-electron chi connectivity index (χ3n) is 1.92. The van der Waals surface area contributed by atoms with Gasteiger partial charge in [-0.2, -0.15) is 0 Å². The van der Waals surface area contributed by atoms with E-state index in [2.05, 4.69) is 0 Å². The van der Waals surface area contributed by atoms with E-state index in [1.807, 2.05) is 6.92 Å². The van der Waals surface area contributed by atoms with Crippen LogP contribution in [0.15, 0.2) is 18.2 Å². The number of hydrogen-bond acceptors (Lipinski definition) is 4. The summed E-state index contributed by atoms with van der Waals surface area (Å²) in [6.45, 7) is 3.24. The number of nitrogen functional groups attached to an aromatic ring is 1. The number of rotatable bonds is 6. The highest BCUT2D eigenvalue weighted by molar-refractivity contribution is 5.92. The summed E-state index contributed by atoms with van der Waals surface area (Å²) < 4.78 is 10.4. The molecule has 1 aromatic rings. The minimum atomic E-state index is -1.06. The summed E-state index contributed by atoms with van der Waals surface area (Å²) in [7, 11) is 0. The Labute approximate surface area is 93.8 Å². The molecule has 88 valence electrons. The van der Waals surface area contributed by atoms with Crippen molar-refractivity contribution >= 4 is 11.7 Å². The van der Waals surface area contributed by atoms with Gasteiger partial charge in [0.05, 0.1) is 6.61 Å². The van der Waals surface area contributed by atoms with Crippen LogP contribution in [0.5, 0.6) is 5.75 Å². The molecule has 0 spiro atoms. The van der Waals surface area contributed by atoms with Gasteiger partial charge in [-0.25, -0.2) is 4.79 Å². The molecule has 5 heteroatoms. The van der Waals surface area contributed by atoms with E-state index in [0.29, 0.717) is 31.3 Å². The van der Waals surface area contributed by atoms with Gasteiger partial charge >= 0.3 is 5.97 Å². The van der Waals surface area contributed by atoms with E-state index in [4.69, 9.17) is 20.3 Å². The Morgan fingerprint density at radius 1 is 1.44 bits per heavy atom. The molecule has 0 amide bonds. The van der Waals surface area contributed by atoms with Crippen LogP contribution in [0.2, 0.25) is 0 Å². The fourth-order valence-electron chi connectivity index (χ4n) is 1.20. The van der Waals surface area contributed by atoms with Crippen molar-refractivity contribution in [1.29, 1.82) is 0 Å².